The monoisotopic (exact) mass is 469 g/mol. The Hall–Kier alpha value is -3.37. The minimum absolute atomic E-state index is 0.00206. The molecule has 1 saturated heterocycles. The molecule has 2 aromatic carbocycles. The number of amides is 1. The number of carbonyl (C=O) groups is 1. The van der Waals surface area contributed by atoms with E-state index in [1.807, 2.05) is 24.3 Å². The van der Waals surface area contributed by atoms with E-state index >= 15 is 0 Å². The minimum atomic E-state index is -5.02. The maximum atomic E-state index is 13.1. The van der Waals surface area contributed by atoms with E-state index in [9.17, 15) is 31.1 Å². The van der Waals surface area contributed by atoms with E-state index in [0.717, 1.165) is 10.8 Å². The molecule has 0 unspecified atom stereocenters. The second-order valence-electron chi connectivity index (χ2n) is 7.64. The molecule has 0 bridgehead atoms. The van der Waals surface area contributed by atoms with Crippen molar-refractivity contribution in [2.45, 2.75) is 31.3 Å². The van der Waals surface area contributed by atoms with Crippen molar-refractivity contribution in [3.63, 3.8) is 0 Å². The first-order chi connectivity index (χ1) is 15.5. The number of rotatable bonds is 3. The summed E-state index contributed by atoms with van der Waals surface area (Å²) in [5.41, 5.74) is -3.70. The third-order valence-corrected chi connectivity index (χ3v) is 5.38. The fourth-order valence-corrected chi connectivity index (χ4v) is 3.68. The van der Waals surface area contributed by atoms with E-state index in [1.165, 1.54) is 4.90 Å². The van der Waals surface area contributed by atoms with Crippen molar-refractivity contribution in [1.82, 2.24) is 15.1 Å². The van der Waals surface area contributed by atoms with Gasteiger partial charge in [0.15, 0.2) is 0 Å². The topological polar surface area (TPSA) is 55.3 Å². The molecule has 11 heteroatoms. The van der Waals surface area contributed by atoms with Crippen LogP contribution >= 0.6 is 0 Å². The SMILES string of the molecule is O=C(c1cc(C(F)(F)F)cc(C(F)(F)F)c1)N1CCC(Oc2nncc3ccccc23)CC1. The van der Waals surface area contributed by atoms with Gasteiger partial charge in [-0.3, -0.25) is 4.79 Å². The number of alkyl halides is 6. The Morgan fingerprint density at radius 1 is 0.939 bits per heavy atom. The molecule has 4 rings (SSSR count). The molecule has 0 atom stereocenters. The lowest BCUT2D eigenvalue weighted by Gasteiger charge is -2.32. The summed E-state index contributed by atoms with van der Waals surface area (Å²) >= 11 is 0. The van der Waals surface area contributed by atoms with Crippen LogP contribution in [0.5, 0.6) is 5.88 Å². The third kappa shape index (κ3) is 5.01. The van der Waals surface area contributed by atoms with Crippen LogP contribution in [0.15, 0.2) is 48.7 Å². The third-order valence-electron chi connectivity index (χ3n) is 5.38. The van der Waals surface area contributed by atoms with Gasteiger partial charge in [-0.15, -0.1) is 5.10 Å². The zero-order chi connectivity index (χ0) is 23.8. The number of benzene rings is 2. The Kier molecular flexibility index (Phi) is 5.89. The Morgan fingerprint density at radius 2 is 1.55 bits per heavy atom. The first-order valence-electron chi connectivity index (χ1n) is 9.98. The smallest absolute Gasteiger partial charge is 0.416 e. The molecule has 2 heterocycles. The number of carbonyl (C=O) groups excluding carboxylic acids is 1. The maximum Gasteiger partial charge on any atom is 0.416 e. The average molecular weight is 469 g/mol. The summed E-state index contributed by atoms with van der Waals surface area (Å²) < 4.78 is 84.5. The summed E-state index contributed by atoms with van der Waals surface area (Å²) in [6.07, 6.45) is -8.11. The molecule has 0 radical (unpaired) electrons. The van der Waals surface area contributed by atoms with Gasteiger partial charge in [0, 0.05) is 42.3 Å². The number of hydrogen-bond donors (Lipinski definition) is 0. The van der Waals surface area contributed by atoms with Crippen molar-refractivity contribution in [1.29, 1.82) is 0 Å². The van der Waals surface area contributed by atoms with Gasteiger partial charge in [-0.1, -0.05) is 18.2 Å². The minimum Gasteiger partial charge on any atom is -0.473 e. The Balaban J connectivity index is 1.48. The maximum absolute atomic E-state index is 13.1. The van der Waals surface area contributed by atoms with Crippen LogP contribution in [0.1, 0.15) is 34.3 Å². The Morgan fingerprint density at radius 3 is 2.15 bits per heavy atom. The predicted molar refractivity (Wildman–Crippen MR) is 106 cm³/mol. The van der Waals surface area contributed by atoms with Crippen LogP contribution in [0.2, 0.25) is 0 Å². The van der Waals surface area contributed by atoms with Gasteiger partial charge >= 0.3 is 12.4 Å². The van der Waals surface area contributed by atoms with E-state index in [0.29, 0.717) is 30.9 Å². The fraction of sp³-hybridized carbons (Fsp3) is 0.318. The van der Waals surface area contributed by atoms with Crippen LogP contribution in [-0.2, 0) is 12.4 Å². The van der Waals surface area contributed by atoms with E-state index in [1.54, 1.807) is 6.20 Å². The standard InChI is InChI=1S/C22H17F6N3O2/c23-21(24,25)15-9-14(10-16(11-15)22(26,27)28)20(32)31-7-5-17(6-8-31)33-19-18-4-2-1-3-13(18)12-29-30-19/h1-4,9-12,17H,5-8H2. The highest BCUT2D eigenvalue weighted by Crippen LogP contribution is 2.36. The quantitative estimate of drug-likeness (QED) is 0.486. The van der Waals surface area contributed by atoms with Crippen molar-refractivity contribution in [2.24, 2.45) is 0 Å². The highest BCUT2D eigenvalue weighted by Gasteiger charge is 2.38. The van der Waals surface area contributed by atoms with Gasteiger partial charge in [-0.05, 0) is 24.3 Å². The number of nitrogens with zero attached hydrogens (tertiary/aromatic N) is 3. The lowest BCUT2D eigenvalue weighted by Crippen LogP contribution is -2.42. The second kappa shape index (κ2) is 8.53. The van der Waals surface area contributed by atoms with Crippen molar-refractivity contribution < 1.29 is 35.9 Å². The molecule has 1 aliphatic rings. The molecule has 0 aliphatic carbocycles. The number of hydrogen-bond acceptors (Lipinski definition) is 4. The lowest BCUT2D eigenvalue weighted by atomic mass is 10.0. The van der Waals surface area contributed by atoms with Crippen molar-refractivity contribution in [2.75, 3.05) is 13.1 Å². The lowest BCUT2D eigenvalue weighted by molar-refractivity contribution is -0.143. The van der Waals surface area contributed by atoms with Crippen LogP contribution < -0.4 is 4.74 Å². The number of fused-ring (bicyclic) bond motifs is 1. The van der Waals surface area contributed by atoms with Crippen LogP contribution in [0, 0.1) is 0 Å². The van der Waals surface area contributed by atoms with Crippen LogP contribution in [0.3, 0.4) is 0 Å². The molecule has 1 fully saturated rings. The van der Waals surface area contributed by atoms with Gasteiger partial charge in [0.1, 0.15) is 6.10 Å². The molecule has 1 aliphatic heterocycles. The zero-order valence-corrected chi connectivity index (χ0v) is 17.0. The number of piperidine rings is 1. The molecule has 3 aromatic rings. The molecular formula is C22H17F6N3O2. The Bertz CT molecular complexity index is 1130. The molecule has 0 N–H and O–H groups in total. The molecule has 0 saturated carbocycles. The molecule has 33 heavy (non-hydrogen) atoms. The van der Waals surface area contributed by atoms with Crippen LogP contribution in [-0.4, -0.2) is 40.2 Å². The van der Waals surface area contributed by atoms with Crippen LogP contribution in [0.4, 0.5) is 26.3 Å². The summed E-state index contributed by atoms with van der Waals surface area (Å²) in [7, 11) is 0. The van der Waals surface area contributed by atoms with Crippen molar-refractivity contribution in [3.05, 3.63) is 65.4 Å². The molecule has 1 aromatic heterocycles. The Labute approximate surface area is 184 Å². The highest BCUT2D eigenvalue weighted by atomic mass is 19.4. The fourth-order valence-electron chi connectivity index (χ4n) is 3.68. The summed E-state index contributed by atoms with van der Waals surface area (Å²) in [5.74, 6) is -0.569. The largest absolute Gasteiger partial charge is 0.473 e. The first kappa shape index (κ1) is 22.8. The summed E-state index contributed by atoms with van der Waals surface area (Å²) in [4.78, 5) is 14.0. The van der Waals surface area contributed by atoms with Gasteiger partial charge in [-0.25, -0.2) is 0 Å². The molecule has 0 spiro atoms. The second-order valence-corrected chi connectivity index (χ2v) is 7.64. The van der Waals surface area contributed by atoms with E-state index in [-0.39, 0.29) is 25.3 Å². The van der Waals surface area contributed by atoms with Gasteiger partial charge in [0.2, 0.25) is 5.88 Å². The zero-order valence-electron chi connectivity index (χ0n) is 17.0. The number of ether oxygens (including phenoxy) is 1. The number of halogens is 6. The molecule has 1 amide bonds. The van der Waals surface area contributed by atoms with E-state index < -0.39 is 35.0 Å². The normalized spacial score (nSPS) is 15.6. The molecule has 174 valence electrons. The predicted octanol–water partition coefficient (Wildman–Crippen LogP) is 5.35. The number of aromatic nitrogens is 2. The van der Waals surface area contributed by atoms with Crippen molar-refractivity contribution >= 4 is 16.7 Å². The molecule has 5 nitrogen and oxygen atoms in total. The van der Waals surface area contributed by atoms with Gasteiger partial charge in [0.05, 0.1) is 17.3 Å². The van der Waals surface area contributed by atoms with E-state index in [4.69, 9.17) is 4.74 Å². The van der Waals surface area contributed by atoms with Crippen LogP contribution in [0.25, 0.3) is 10.8 Å². The number of likely N-dealkylation sites (tertiary alicyclic amines) is 1. The summed E-state index contributed by atoms with van der Waals surface area (Å²) in [6.45, 7) is 0.221. The van der Waals surface area contributed by atoms with Gasteiger partial charge in [0.25, 0.3) is 5.91 Å². The van der Waals surface area contributed by atoms with Gasteiger partial charge < -0.3 is 9.64 Å². The van der Waals surface area contributed by atoms with Gasteiger partial charge in [-0.2, -0.15) is 31.4 Å². The average Bonchev–Trinajstić information content (AvgIpc) is 2.78. The summed E-state index contributed by atoms with van der Waals surface area (Å²) in [5, 5.41) is 9.49. The van der Waals surface area contributed by atoms with Crippen molar-refractivity contribution in [3.8, 4) is 5.88 Å². The van der Waals surface area contributed by atoms with E-state index in [2.05, 4.69) is 10.2 Å². The molecular weight excluding hydrogens is 452 g/mol. The summed E-state index contributed by atoms with van der Waals surface area (Å²) in [6, 6.07) is 8.24. The highest BCUT2D eigenvalue weighted by molar-refractivity contribution is 5.94. The first-order valence-corrected chi connectivity index (χ1v) is 9.98.